The molecule has 0 amide bonds. The molecule has 0 radical (unpaired) electrons. The molecule has 2 aliphatic rings. The first kappa shape index (κ1) is 19.5. The molecule has 1 unspecified atom stereocenters. The van der Waals surface area contributed by atoms with Crippen molar-refractivity contribution in [3.63, 3.8) is 0 Å². The lowest BCUT2D eigenvalue weighted by Crippen LogP contribution is -2.19. The first-order valence-electron chi connectivity index (χ1n) is 10.8. The molecule has 0 saturated carbocycles. The van der Waals surface area contributed by atoms with Gasteiger partial charge in [-0.3, -0.25) is 0 Å². The minimum Gasteiger partial charge on any atom is -0.321 e. The normalized spacial score (nSPS) is 12.3. The van der Waals surface area contributed by atoms with Gasteiger partial charge in [0.25, 0.3) is 0 Å². The molecule has 148 valence electrons. The molecule has 2 nitrogen and oxygen atoms in total. The van der Waals surface area contributed by atoms with Crippen LogP contribution >= 0.6 is 0 Å². The van der Waals surface area contributed by atoms with E-state index >= 15 is 0 Å². The van der Waals surface area contributed by atoms with Crippen molar-refractivity contribution in [2.75, 3.05) is 6.54 Å². The van der Waals surface area contributed by atoms with E-state index in [-0.39, 0.29) is 0 Å². The maximum absolute atomic E-state index is 3.71. The first-order valence-corrected chi connectivity index (χ1v) is 10.8. The lowest BCUT2D eigenvalue weighted by atomic mass is 10.0. The maximum Gasteiger partial charge on any atom is 0.0452 e. The molecule has 2 aromatic rings. The third-order valence-corrected chi connectivity index (χ3v) is 5.72. The standard InChI is InChI=1S/C27H30N2/c1-22(26-19-18-23-12-5-2-9-17-27(23)26)28-20-10-4-8-15-25-16-11-21-29(25)24-13-6-3-7-14-24/h2-3,5-7,9,11-14,16-19,21-22,28H,4,8,10,15,20H2,1H3. The summed E-state index contributed by atoms with van der Waals surface area (Å²) in [5, 5.41) is 3.71. The highest BCUT2D eigenvalue weighted by Crippen LogP contribution is 2.31. The summed E-state index contributed by atoms with van der Waals surface area (Å²) >= 11 is 0. The predicted octanol–water partition coefficient (Wildman–Crippen LogP) is 6.65. The van der Waals surface area contributed by atoms with Gasteiger partial charge in [0.2, 0.25) is 0 Å². The van der Waals surface area contributed by atoms with Crippen molar-refractivity contribution in [2.24, 2.45) is 0 Å². The number of para-hydroxylation sites is 1. The Bertz CT molecular complexity index is 986. The molecule has 0 aliphatic heterocycles. The van der Waals surface area contributed by atoms with Gasteiger partial charge in [-0.2, -0.15) is 0 Å². The number of aryl methyl sites for hydroxylation is 1. The minimum absolute atomic E-state index is 0.380. The van der Waals surface area contributed by atoms with Crippen LogP contribution in [0.4, 0.5) is 0 Å². The van der Waals surface area contributed by atoms with E-state index < -0.39 is 0 Å². The van der Waals surface area contributed by atoms with Crippen LogP contribution in [0.2, 0.25) is 0 Å². The molecule has 0 spiro atoms. The van der Waals surface area contributed by atoms with Gasteiger partial charge >= 0.3 is 0 Å². The zero-order valence-corrected chi connectivity index (χ0v) is 17.2. The third-order valence-electron chi connectivity index (χ3n) is 5.72. The lowest BCUT2D eigenvalue weighted by molar-refractivity contribution is 0.538. The molecule has 1 aromatic heterocycles. The molecule has 0 saturated heterocycles. The molecule has 2 heteroatoms. The summed E-state index contributed by atoms with van der Waals surface area (Å²) in [6, 6.07) is 30.6. The van der Waals surface area contributed by atoms with Crippen molar-refractivity contribution < 1.29 is 0 Å². The largest absolute Gasteiger partial charge is 0.321 e. The Morgan fingerprint density at radius 2 is 1.55 bits per heavy atom. The molecular weight excluding hydrogens is 352 g/mol. The van der Waals surface area contributed by atoms with Crippen molar-refractivity contribution in [3.05, 3.63) is 102 Å². The SMILES string of the molecule is CC(NCCCCCc1cccn1-c1ccccc1)c1ccc2cccccc1-2. The number of nitrogens with one attached hydrogen (secondary N) is 1. The first-order chi connectivity index (χ1) is 14.3. The Morgan fingerprint density at radius 1 is 0.759 bits per heavy atom. The number of hydrogen-bond donors (Lipinski definition) is 1. The Morgan fingerprint density at radius 3 is 2.41 bits per heavy atom. The number of hydrogen-bond acceptors (Lipinski definition) is 1. The Balaban J connectivity index is 1.22. The Labute approximate surface area is 174 Å². The average Bonchev–Trinajstić information content (AvgIpc) is 3.32. The van der Waals surface area contributed by atoms with Gasteiger partial charge in [0.1, 0.15) is 0 Å². The fraction of sp³-hybridized carbons (Fsp3) is 0.259. The summed E-state index contributed by atoms with van der Waals surface area (Å²) in [6.07, 6.45) is 6.97. The van der Waals surface area contributed by atoms with Crippen molar-refractivity contribution in [2.45, 2.75) is 38.6 Å². The van der Waals surface area contributed by atoms with Crippen LogP contribution in [0.5, 0.6) is 0 Å². The molecular formula is C27H30N2. The van der Waals surface area contributed by atoms with Crippen LogP contribution in [0.25, 0.3) is 16.8 Å². The number of unbranched alkanes of at least 4 members (excludes halogenated alkanes) is 2. The number of aromatic nitrogens is 1. The van der Waals surface area contributed by atoms with Crippen LogP contribution in [0, 0.1) is 0 Å². The zero-order chi connectivity index (χ0) is 19.9. The molecule has 4 rings (SSSR count). The summed E-state index contributed by atoms with van der Waals surface area (Å²) < 4.78 is 2.31. The van der Waals surface area contributed by atoms with Crippen LogP contribution in [0.1, 0.15) is 43.5 Å². The van der Waals surface area contributed by atoms with E-state index in [4.69, 9.17) is 0 Å². The quantitative estimate of drug-likeness (QED) is 0.321. The van der Waals surface area contributed by atoms with Gasteiger partial charge in [-0.15, -0.1) is 0 Å². The Kier molecular flexibility index (Phi) is 6.43. The fourth-order valence-electron chi connectivity index (χ4n) is 4.11. The van der Waals surface area contributed by atoms with Gasteiger partial charge in [-0.25, -0.2) is 0 Å². The summed E-state index contributed by atoms with van der Waals surface area (Å²) in [5.74, 6) is 0. The number of fused-ring (bicyclic) bond motifs is 1. The van der Waals surface area contributed by atoms with Crippen molar-refractivity contribution >= 4 is 0 Å². The van der Waals surface area contributed by atoms with E-state index in [9.17, 15) is 0 Å². The van der Waals surface area contributed by atoms with Gasteiger partial charge in [0, 0.05) is 23.6 Å². The van der Waals surface area contributed by atoms with E-state index in [2.05, 4.69) is 108 Å². The van der Waals surface area contributed by atoms with E-state index in [1.807, 2.05) is 0 Å². The number of nitrogens with zero attached hydrogens (tertiary/aromatic N) is 1. The molecule has 2 aliphatic carbocycles. The van der Waals surface area contributed by atoms with Gasteiger partial charge in [-0.05, 0) is 73.7 Å². The summed E-state index contributed by atoms with van der Waals surface area (Å²) in [7, 11) is 0. The highest BCUT2D eigenvalue weighted by molar-refractivity contribution is 5.70. The summed E-state index contributed by atoms with van der Waals surface area (Å²) in [5.41, 5.74) is 6.72. The van der Waals surface area contributed by atoms with Crippen molar-refractivity contribution in [1.29, 1.82) is 0 Å². The minimum atomic E-state index is 0.380. The van der Waals surface area contributed by atoms with Gasteiger partial charge in [0.05, 0.1) is 0 Å². The van der Waals surface area contributed by atoms with E-state index in [1.54, 1.807) is 0 Å². The van der Waals surface area contributed by atoms with Gasteiger partial charge in [-0.1, -0.05) is 67.1 Å². The van der Waals surface area contributed by atoms with Crippen LogP contribution in [-0.2, 0) is 6.42 Å². The molecule has 29 heavy (non-hydrogen) atoms. The fourth-order valence-corrected chi connectivity index (χ4v) is 4.11. The molecule has 1 aromatic carbocycles. The molecule has 0 bridgehead atoms. The van der Waals surface area contributed by atoms with E-state index in [1.165, 1.54) is 47.3 Å². The highest BCUT2D eigenvalue weighted by atomic mass is 15.0. The van der Waals surface area contributed by atoms with E-state index in [0.717, 1.165) is 13.0 Å². The summed E-state index contributed by atoms with van der Waals surface area (Å²) in [4.78, 5) is 0. The topological polar surface area (TPSA) is 17.0 Å². The zero-order valence-electron chi connectivity index (χ0n) is 17.2. The second kappa shape index (κ2) is 9.58. The van der Waals surface area contributed by atoms with Crippen molar-refractivity contribution in [1.82, 2.24) is 9.88 Å². The van der Waals surface area contributed by atoms with Gasteiger partial charge in [0.15, 0.2) is 0 Å². The molecule has 1 N–H and O–H groups in total. The predicted molar refractivity (Wildman–Crippen MR) is 123 cm³/mol. The Hall–Kier alpha value is -2.84. The molecule has 1 heterocycles. The van der Waals surface area contributed by atoms with Crippen LogP contribution in [0.15, 0.2) is 91.1 Å². The highest BCUT2D eigenvalue weighted by Gasteiger charge is 2.13. The molecule has 1 atom stereocenters. The van der Waals surface area contributed by atoms with Crippen molar-refractivity contribution in [3.8, 4) is 16.8 Å². The van der Waals surface area contributed by atoms with E-state index in [0.29, 0.717) is 6.04 Å². The second-order valence-electron chi connectivity index (χ2n) is 7.76. The molecule has 0 fully saturated rings. The maximum atomic E-state index is 3.71. The summed E-state index contributed by atoms with van der Waals surface area (Å²) in [6.45, 7) is 3.33. The smallest absolute Gasteiger partial charge is 0.0452 e. The third kappa shape index (κ3) is 4.78. The number of benzene rings is 1. The lowest BCUT2D eigenvalue weighted by Gasteiger charge is -2.15. The monoisotopic (exact) mass is 382 g/mol. The van der Waals surface area contributed by atoms with Crippen LogP contribution in [0.3, 0.4) is 0 Å². The van der Waals surface area contributed by atoms with Gasteiger partial charge < -0.3 is 9.88 Å². The number of rotatable bonds is 9. The average molecular weight is 383 g/mol. The van der Waals surface area contributed by atoms with Crippen LogP contribution < -0.4 is 5.32 Å². The second-order valence-corrected chi connectivity index (χ2v) is 7.76. The van der Waals surface area contributed by atoms with Crippen LogP contribution in [-0.4, -0.2) is 11.1 Å².